The highest BCUT2D eigenvalue weighted by Crippen LogP contribution is 2.32. The van der Waals surface area contributed by atoms with Crippen molar-refractivity contribution in [1.82, 2.24) is 5.32 Å². The van der Waals surface area contributed by atoms with Crippen LogP contribution >= 0.6 is 0 Å². The smallest absolute Gasteiger partial charge is 0.231 e. The van der Waals surface area contributed by atoms with Gasteiger partial charge in [0.05, 0.1) is 6.61 Å². The molecule has 5 nitrogen and oxygen atoms in total. The molecule has 3 rings (SSSR count). The Labute approximate surface area is 135 Å². The second-order valence-corrected chi connectivity index (χ2v) is 5.23. The first kappa shape index (κ1) is 15.2. The fourth-order valence-electron chi connectivity index (χ4n) is 2.28. The van der Waals surface area contributed by atoms with Gasteiger partial charge in [-0.25, -0.2) is 0 Å². The first-order chi connectivity index (χ1) is 11.3. The summed E-state index contributed by atoms with van der Waals surface area (Å²) in [7, 11) is 0. The predicted molar refractivity (Wildman–Crippen MR) is 85.6 cm³/mol. The number of ether oxygens (including phenoxy) is 3. The van der Waals surface area contributed by atoms with E-state index in [2.05, 4.69) is 5.32 Å². The van der Waals surface area contributed by atoms with Crippen LogP contribution in [0.25, 0.3) is 0 Å². The summed E-state index contributed by atoms with van der Waals surface area (Å²) in [5, 5.41) is 2.90. The van der Waals surface area contributed by atoms with Crippen molar-refractivity contribution in [2.75, 3.05) is 13.4 Å². The molecule has 0 atom stereocenters. The number of hydrogen-bond donors (Lipinski definition) is 1. The second kappa shape index (κ2) is 7.54. The number of hydrogen-bond acceptors (Lipinski definition) is 4. The Hall–Kier alpha value is -2.69. The van der Waals surface area contributed by atoms with Gasteiger partial charge in [-0.2, -0.15) is 0 Å². The molecule has 0 saturated carbocycles. The van der Waals surface area contributed by atoms with Crippen molar-refractivity contribution in [2.45, 2.75) is 19.4 Å². The molecule has 0 unspecified atom stereocenters. The van der Waals surface area contributed by atoms with Gasteiger partial charge in [-0.3, -0.25) is 4.79 Å². The van der Waals surface area contributed by atoms with Crippen LogP contribution in [0, 0.1) is 0 Å². The largest absolute Gasteiger partial charge is 0.494 e. The van der Waals surface area contributed by atoms with E-state index in [9.17, 15) is 4.79 Å². The lowest BCUT2D eigenvalue weighted by Crippen LogP contribution is -2.22. The topological polar surface area (TPSA) is 56.8 Å². The summed E-state index contributed by atoms with van der Waals surface area (Å²) >= 11 is 0. The third-order valence-electron chi connectivity index (χ3n) is 3.49. The van der Waals surface area contributed by atoms with Gasteiger partial charge < -0.3 is 19.5 Å². The Morgan fingerprint density at radius 2 is 1.91 bits per heavy atom. The van der Waals surface area contributed by atoms with Gasteiger partial charge in [-0.1, -0.05) is 24.3 Å². The van der Waals surface area contributed by atoms with E-state index in [0.29, 0.717) is 26.0 Å². The summed E-state index contributed by atoms with van der Waals surface area (Å²) in [6.07, 6.45) is 1.12. The van der Waals surface area contributed by atoms with E-state index in [1.54, 1.807) is 0 Å². The van der Waals surface area contributed by atoms with Crippen LogP contribution in [0.1, 0.15) is 18.4 Å². The summed E-state index contributed by atoms with van der Waals surface area (Å²) < 4.78 is 16.1. The average Bonchev–Trinajstić information content (AvgIpc) is 3.05. The molecule has 120 valence electrons. The first-order valence-electron chi connectivity index (χ1n) is 7.64. The lowest BCUT2D eigenvalue weighted by Gasteiger charge is -2.07. The average molecular weight is 313 g/mol. The summed E-state index contributed by atoms with van der Waals surface area (Å²) in [5.41, 5.74) is 0.989. The molecule has 1 heterocycles. The molecule has 0 aliphatic carbocycles. The van der Waals surface area contributed by atoms with Gasteiger partial charge in [0.25, 0.3) is 0 Å². The van der Waals surface area contributed by atoms with E-state index in [0.717, 1.165) is 22.8 Å². The van der Waals surface area contributed by atoms with Crippen LogP contribution in [0.5, 0.6) is 17.2 Å². The highest BCUT2D eigenvalue weighted by atomic mass is 16.7. The van der Waals surface area contributed by atoms with Crippen molar-refractivity contribution in [1.29, 1.82) is 0 Å². The van der Waals surface area contributed by atoms with Gasteiger partial charge in [0, 0.05) is 13.0 Å². The summed E-state index contributed by atoms with van der Waals surface area (Å²) in [6, 6.07) is 15.3. The zero-order chi connectivity index (χ0) is 15.9. The van der Waals surface area contributed by atoms with Crippen LogP contribution in [0.2, 0.25) is 0 Å². The normalized spacial score (nSPS) is 12.0. The van der Waals surface area contributed by atoms with E-state index < -0.39 is 0 Å². The van der Waals surface area contributed by atoms with Crippen LogP contribution in [0.3, 0.4) is 0 Å². The molecule has 0 bridgehead atoms. The second-order valence-electron chi connectivity index (χ2n) is 5.23. The molecular weight excluding hydrogens is 294 g/mol. The predicted octanol–water partition coefficient (Wildman–Crippen LogP) is 2.89. The summed E-state index contributed by atoms with van der Waals surface area (Å²) in [4.78, 5) is 11.8. The molecule has 1 aliphatic rings. The molecule has 0 spiro atoms. The highest BCUT2D eigenvalue weighted by Gasteiger charge is 2.13. The number of para-hydroxylation sites is 1. The van der Waals surface area contributed by atoms with Crippen molar-refractivity contribution in [3.05, 3.63) is 54.1 Å². The molecule has 23 heavy (non-hydrogen) atoms. The minimum atomic E-state index is 0.0133. The minimum Gasteiger partial charge on any atom is -0.494 e. The van der Waals surface area contributed by atoms with Gasteiger partial charge in [0.2, 0.25) is 12.7 Å². The van der Waals surface area contributed by atoms with Gasteiger partial charge >= 0.3 is 0 Å². The molecule has 2 aromatic carbocycles. The summed E-state index contributed by atoms with van der Waals surface area (Å²) in [6.45, 7) is 1.27. The first-order valence-corrected chi connectivity index (χ1v) is 7.64. The molecule has 0 saturated heterocycles. The molecule has 1 N–H and O–H groups in total. The summed E-state index contributed by atoms with van der Waals surface area (Å²) in [5.74, 6) is 2.32. The standard InChI is InChI=1S/C18H19NO4/c20-18(7-4-10-21-15-5-2-1-3-6-15)19-12-14-8-9-16-17(11-14)23-13-22-16/h1-3,5-6,8-9,11H,4,7,10,12-13H2,(H,19,20). The zero-order valence-corrected chi connectivity index (χ0v) is 12.8. The minimum absolute atomic E-state index is 0.0133. The van der Waals surface area contributed by atoms with Crippen molar-refractivity contribution in [3.8, 4) is 17.2 Å². The number of rotatable bonds is 7. The fraction of sp³-hybridized carbons (Fsp3) is 0.278. The Bertz CT molecular complexity index is 657. The molecule has 2 aromatic rings. The van der Waals surface area contributed by atoms with Crippen molar-refractivity contribution >= 4 is 5.91 Å². The van der Waals surface area contributed by atoms with Crippen molar-refractivity contribution in [2.24, 2.45) is 0 Å². The third-order valence-corrected chi connectivity index (χ3v) is 3.49. The van der Waals surface area contributed by atoms with Crippen LogP contribution in [-0.2, 0) is 11.3 Å². The molecule has 1 aliphatic heterocycles. The number of benzene rings is 2. The number of carbonyl (C=O) groups excluding carboxylic acids is 1. The molecule has 0 aromatic heterocycles. The Morgan fingerprint density at radius 3 is 2.78 bits per heavy atom. The number of carbonyl (C=O) groups is 1. The Morgan fingerprint density at radius 1 is 1.09 bits per heavy atom. The van der Waals surface area contributed by atoms with Crippen LogP contribution < -0.4 is 19.5 Å². The van der Waals surface area contributed by atoms with E-state index in [-0.39, 0.29) is 12.7 Å². The molecule has 0 fully saturated rings. The molecular formula is C18H19NO4. The number of fused-ring (bicyclic) bond motifs is 1. The van der Waals surface area contributed by atoms with Gasteiger partial charge in [-0.15, -0.1) is 0 Å². The highest BCUT2D eigenvalue weighted by molar-refractivity contribution is 5.75. The maximum Gasteiger partial charge on any atom is 0.231 e. The van der Waals surface area contributed by atoms with E-state index >= 15 is 0 Å². The lowest BCUT2D eigenvalue weighted by molar-refractivity contribution is -0.121. The number of nitrogens with one attached hydrogen (secondary N) is 1. The van der Waals surface area contributed by atoms with Gasteiger partial charge in [-0.05, 0) is 36.2 Å². The lowest BCUT2D eigenvalue weighted by atomic mass is 10.2. The quantitative estimate of drug-likeness (QED) is 0.799. The van der Waals surface area contributed by atoms with Crippen LogP contribution in [-0.4, -0.2) is 19.3 Å². The fourth-order valence-corrected chi connectivity index (χ4v) is 2.28. The van der Waals surface area contributed by atoms with Gasteiger partial charge in [0.15, 0.2) is 11.5 Å². The Kier molecular flexibility index (Phi) is 4.99. The van der Waals surface area contributed by atoms with Crippen molar-refractivity contribution < 1.29 is 19.0 Å². The monoisotopic (exact) mass is 313 g/mol. The van der Waals surface area contributed by atoms with Gasteiger partial charge in [0.1, 0.15) is 5.75 Å². The van der Waals surface area contributed by atoms with E-state index in [1.165, 1.54) is 0 Å². The SMILES string of the molecule is O=C(CCCOc1ccccc1)NCc1ccc2c(c1)OCO2. The molecule has 1 amide bonds. The Balaban J connectivity index is 1.35. The zero-order valence-electron chi connectivity index (χ0n) is 12.8. The van der Waals surface area contributed by atoms with E-state index in [4.69, 9.17) is 14.2 Å². The van der Waals surface area contributed by atoms with Crippen LogP contribution in [0.15, 0.2) is 48.5 Å². The maximum absolute atomic E-state index is 11.8. The number of amides is 1. The third kappa shape index (κ3) is 4.39. The van der Waals surface area contributed by atoms with Crippen LogP contribution in [0.4, 0.5) is 0 Å². The molecule has 0 radical (unpaired) electrons. The van der Waals surface area contributed by atoms with E-state index in [1.807, 2.05) is 48.5 Å². The maximum atomic E-state index is 11.8. The molecule has 5 heteroatoms. The van der Waals surface area contributed by atoms with Crippen molar-refractivity contribution in [3.63, 3.8) is 0 Å².